The van der Waals surface area contributed by atoms with Gasteiger partial charge in [-0.05, 0) is 66.9 Å². The number of benzene rings is 3. The highest BCUT2D eigenvalue weighted by Crippen LogP contribution is 2.33. The second-order valence-electron chi connectivity index (χ2n) is 9.82. The minimum Gasteiger partial charge on any atom is -0.497 e. The number of para-hydroxylation sites is 2. The molecule has 0 aliphatic heterocycles. The third kappa shape index (κ3) is 8.23. The third-order valence-corrected chi connectivity index (χ3v) is 8.70. The number of anilines is 1. The average molecular weight is 647 g/mol. The first-order valence-corrected chi connectivity index (χ1v) is 15.3. The van der Waals surface area contributed by atoms with Gasteiger partial charge in [0, 0.05) is 17.6 Å². The second kappa shape index (κ2) is 14.4. The fourth-order valence-electron chi connectivity index (χ4n) is 4.05. The first kappa shape index (κ1) is 32.0. The molecule has 3 rings (SSSR count). The van der Waals surface area contributed by atoms with Gasteiger partial charge in [0.2, 0.25) is 11.8 Å². The Hall–Kier alpha value is -3.57. The molecule has 0 spiro atoms. The van der Waals surface area contributed by atoms with Crippen LogP contribution in [0, 0.1) is 5.92 Å². The summed E-state index contributed by atoms with van der Waals surface area (Å²) in [4.78, 5) is 28.5. The summed E-state index contributed by atoms with van der Waals surface area (Å²) in [5.41, 5.74) is 0.978. The summed E-state index contributed by atoms with van der Waals surface area (Å²) in [5, 5.41) is 2.88. The van der Waals surface area contributed by atoms with Gasteiger partial charge in [-0.1, -0.05) is 54.0 Å². The molecule has 2 amide bonds. The molecule has 0 bridgehead atoms. The molecule has 0 saturated heterocycles. The predicted molar refractivity (Wildman–Crippen MR) is 163 cm³/mol. The van der Waals surface area contributed by atoms with Crippen LogP contribution in [0.2, 0.25) is 0 Å². The summed E-state index contributed by atoms with van der Waals surface area (Å²) in [7, 11) is -1.32. The lowest BCUT2D eigenvalue weighted by molar-refractivity contribution is -0.139. The molecule has 1 atom stereocenters. The second-order valence-corrected chi connectivity index (χ2v) is 12.6. The standard InChI is InChI=1S/C30H36BrN3O6S/c1-21(2)18-32-30(36)22(3)33(19-23-10-12-24(31)13-11-23)29(35)20-34(27-8-6-7-9-28(27)40-5)41(37,38)26-16-14-25(39-4)15-17-26/h6-17,21-22H,18-20H2,1-5H3,(H,32,36)/t22-/m0/s1. The summed E-state index contributed by atoms with van der Waals surface area (Å²) in [6.45, 7) is 5.58. The van der Waals surface area contributed by atoms with E-state index in [0.29, 0.717) is 12.3 Å². The number of carbonyl (C=O) groups excluding carboxylic acids is 2. The molecule has 11 heteroatoms. The maximum atomic E-state index is 14.0. The van der Waals surface area contributed by atoms with E-state index in [-0.39, 0.29) is 34.7 Å². The van der Waals surface area contributed by atoms with Crippen LogP contribution in [-0.2, 0) is 26.2 Å². The van der Waals surface area contributed by atoms with Crippen molar-refractivity contribution in [1.29, 1.82) is 0 Å². The molecule has 0 heterocycles. The summed E-state index contributed by atoms with van der Waals surface area (Å²) in [5.74, 6) is 0.108. The van der Waals surface area contributed by atoms with Gasteiger partial charge in [-0.3, -0.25) is 13.9 Å². The Balaban J connectivity index is 2.05. The van der Waals surface area contributed by atoms with Crippen LogP contribution < -0.4 is 19.1 Å². The number of ether oxygens (including phenoxy) is 2. The van der Waals surface area contributed by atoms with Gasteiger partial charge in [0.25, 0.3) is 10.0 Å². The predicted octanol–water partition coefficient (Wildman–Crippen LogP) is 4.85. The van der Waals surface area contributed by atoms with E-state index in [4.69, 9.17) is 9.47 Å². The van der Waals surface area contributed by atoms with Crippen LogP contribution in [0.5, 0.6) is 11.5 Å². The van der Waals surface area contributed by atoms with Crippen molar-refractivity contribution in [3.8, 4) is 11.5 Å². The van der Waals surface area contributed by atoms with Gasteiger partial charge in [-0.15, -0.1) is 0 Å². The SMILES string of the molecule is COc1ccc(S(=O)(=O)N(CC(=O)N(Cc2ccc(Br)cc2)[C@@H](C)C(=O)NCC(C)C)c2ccccc2OC)cc1. The monoisotopic (exact) mass is 645 g/mol. The highest BCUT2D eigenvalue weighted by molar-refractivity contribution is 9.10. The topological polar surface area (TPSA) is 105 Å². The van der Waals surface area contributed by atoms with E-state index < -0.39 is 28.5 Å². The zero-order valence-electron chi connectivity index (χ0n) is 23.8. The highest BCUT2D eigenvalue weighted by atomic mass is 79.9. The van der Waals surface area contributed by atoms with Crippen molar-refractivity contribution >= 4 is 43.5 Å². The molecule has 9 nitrogen and oxygen atoms in total. The van der Waals surface area contributed by atoms with Gasteiger partial charge < -0.3 is 19.7 Å². The van der Waals surface area contributed by atoms with Gasteiger partial charge in [0.15, 0.2) is 0 Å². The number of hydrogen-bond donors (Lipinski definition) is 1. The van der Waals surface area contributed by atoms with Crippen LogP contribution in [0.3, 0.4) is 0 Å². The lowest BCUT2D eigenvalue weighted by Gasteiger charge is -2.32. The molecule has 0 aliphatic carbocycles. The Labute approximate surface area is 250 Å². The van der Waals surface area contributed by atoms with E-state index >= 15 is 0 Å². The largest absolute Gasteiger partial charge is 0.497 e. The van der Waals surface area contributed by atoms with E-state index in [2.05, 4.69) is 21.2 Å². The molecule has 3 aromatic carbocycles. The first-order valence-electron chi connectivity index (χ1n) is 13.1. The van der Waals surface area contributed by atoms with Crippen molar-refractivity contribution in [3.05, 3.63) is 82.8 Å². The molecular formula is C30H36BrN3O6S. The van der Waals surface area contributed by atoms with Crippen LogP contribution in [0.15, 0.2) is 82.2 Å². The molecule has 0 saturated carbocycles. The fraction of sp³-hybridized carbons (Fsp3) is 0.333. The minimum atomic E-state index is -4.24. The number of rotatable bonds is 13. The summed E-state index contributed by atoms with van der Waals surface area (Å²) in [6.07, 6.45) is 0. The molecular weight excluding hydrogens is 610 g/mol. The molecule has 0 aliphatic rings. The van der Waals surface area contributed by atoms with Gasteiger partial charge in [-0.2, -0.15) is 0 Å². The quantitative estimate of drug-likeness (QED) is 0.285. The molecule has 220 valence electrons. The normalized spacial score (nSPS) is 12.0. The lowest BCUT2D eigenvalue weighted by atomic mass is 10.1. The summed E-state index contributed by atoms with van der Waals surface area (Å²) >= 11 is 3.41. The summed E-state index contributed by atoms with van der Waals surface area (Å²) in [6, 6.07) is 19.0. The average Bonchev–Trinajstić information content (AvgIpc) is 2.97. The van der Waals surface area contributed by atoms with E-state index in [1.807, 2.05) is 38.1 Å². The van der Waals surface area contributed by atoms with Crippen molar-refractivity contribution in [3.63, 3.8) is 0 Å². The fourth-order valence-corrected chi connectivity index (χ4v) is 5.73. The van der Waals surface area contributed by atoms with Crippen LogP contribution in [0.1, 0.15) is 26.3 Å². The number of carbonyl (C=O) groups is 2. The van der Waals surface area contributed by atoms with Crippen LogP contribution in [0.25, 0.3) is 0 Å². The molecule has 3 aromatic rings. The Morgan fingerprint density at radius 1 is 0.902 bits per heavy atom. The van der Waals surface area contributed by atoms with Gasteiger partial charge in [-0.25, -0.2) is 8.42 Å². The van der Waals surface area contributed by atoms with Crippen molar-refractivity contribution in [2.45, 2.75) is 38.3 Å². The highest BCUT2D eigenvalue weighted by Gasteiger charge is 2.33. The maximum absolute atomic E-state index is 14.0. The molecule has 0 fully saturated rings. The zero-order chi connectivity index (χ0) is 30.2. The van der Waals surface area contributed by atoms with Gasteiger partial charge in [0.05, 0.1) is 24.8 Å². The third-order valence-electron chi connectivity index (χ3n) is 6.40. The van der Waals surface area contributed by atoms with Crippen LogP contribution >= 0.6 is 15.9 Å². The van der Waals surface area contributed by atoms with Crippen molar-refractivity contribution in [2.75, 3.05) is 31.6 Å². The molecule has 0 radical (unpaired) electrons. The molecule has 1 N–H and O–H groups in total. The number of sulfonamides is 1. The number of methoxy groups -OCH3 is 2. The number of nitrogens with zero attached hydrogens (tertiary/aromatic N) is 2. The summed E-state index contributed by atoms with van der Waals surface area (Å²) < 4.78 is 40.5. The smallest absolute Gasteiger partial charge is 0.264 e. The van der Waals surface area contributed by atoms with Crippen molar-refractivity contribution < 1.29 is 27.5 Å². The minimum absolute atomic E-state index is 0.0285. The van der Waals surface area contributed by atoms with Crippen LogP contribution in [-0.4, -0.2) is 58.5 Å². The Kier molecular flexibility index (Phi) is 11.2. The molecule has 0 unspecified atom stereocenters. The van der Waals surface area contributed by atoms with Crippen LogP contribution in [0.4, 0.5) is 5.69 Å². The zero-order valence-corrected chi connectivity index (χ0v) is 26.2. The van der Waals surface area contributed by atoms with E-state index in [1.165, 1.54) is 43.4 Å². The Morgan fingerprint density at radius 3 is 2.12 bits per heavy atom. The Bertz CT molecular complexity index is 1430. The van der Waals surface area contributed by atoms with E-state index in [9.17, 15) is 18.0 Å². The maximum Gasteiger partial charge on any atom is 0.264 e. The van der Waals surface area contributed by atoms with Gasteiger partial charge in [0.1, 0.15) is 24.1 Å². The lowest BCUT2D eigenvalue weighted by Crippen LogP contribution is -2.51. The first-order chi connectivity index (χ1) is 19.5. The van der Waals surface area contributed by atoms with Crippen molar-refractivity contribution in [2.24, 2.45) is 5.92 Å². The molecule has 41 heavy (non-hydrogen) atoms. The number of amides is 2. The van der Waals surface area contributed by atoms with Gasteiger partial charge >= 0.3 is 0 Å². The number of halogens is 1. The van der Waals surface area contributed by atoms with Crippen molar-refractivity contribution in [1.82, 2.24) is 10.2 Å². The number of nitrogens with one attached hydrogen (secondary N) is 1. The Morgan fingerprint density at radius 2 is 1.54 bits per heavy atom. The molecule has 0 aromatic heterocycles. The van der Waals surface area contributed by atoms with E-state index in [0.717, 1.165) is 14.3 Å². The number of hydrogen-bond acceptors (Lipinski definition) is 6. The van der Waals surface area contributed by atoms with E-state index in [1.54, 1.807) is 31.2 Å².